The van der Waals surface area contributed by atoms with E-state index < -0.39 is 0 Å². The van der Waals surface area contributed by atoms with Crippen molar-refractivity contribution in [2.24, 2.45) is 5.41 Å². The molecule has 1 aliphatic rings. The highest BCUT2D eigenvalue weighted by molar-refractivity contribution is 14.1. The molecule has 1 heterocycles. The van der Waals surface area contributed by atoms with Gasteiger partial charge in [0.05, 0.1) is 0 Å². The van der Waals surface area contributed by atoms with E-state index in [1.54, 1.807) is 11.8 Å². The van der Waals surface area contributed by atoms with Gasteiger partial charge < -0.3 is 5.32 Å². The van der Waals surface area contributed by atoms with Crippen LogP contribution in [0.5, 0.6) is 0 Å². The van der Waals surface area contributed by atoms with E-state index in [-0.39, 0.29) is 11.3 Å². The molecule has 0 saturated heterocycles. The predicted octanol–water partition coefficient (Wildman–Crippen LogP) is 3.60. The Hall–Kier alpha value is -0.490. The summed E-state index contributed by atoms with van der Waals surface area (Å²) in [5.41, 5.74) is 2.04. The molecule has 0 fully saturated rings. The van der Waals surface area contributed by atoms with E-state index in [2.05, 4.69) is 46.3 Å². The molecule has 0 saturated carbocycles. The third-order valence-electron chi connectivity index (χ3n) is 3.07. The first kappa shape index (κ1) is 13.9. The predicted molar refractivity (Wildman–Crippen MR) is 85.9 cm³/mol. The molecule has 1 amide bonds. The topological polar surface area (TPSA) is 29.1 Å². The maximum atomic E-state index is 12.1. The molecule has 1 aliphatic heterocycles. The van der Waals surface area contributed by atoms with E-state index in [0.29, 0.717) is 6.54 Å². The summed E-state index contributed by atoms with van der Waals surface area (Å²) >= 11 is 4.06. The minimum absolute atomic E-state index is 0.0134. The van der Waals surface area contributed by atoms with Crippen LogP contribution in [0.1, 0.15) is 22.8 Å². The van der Waals surface area contributed by atoms with E-state index in [9.17, 15) is 4.79 Å². The fourth-order valence-electron chi connectivity index (χ4n) is 1.73. The summed E-state index contributed by atoms with van der Waals surface area (Å²) in [4.78, 5) is 12.1. The van der Waals surface area contributed by atoms with Crippen LogP contribution < -0.4 is 5.32 Å². The Labute approximate surface area is 126 Å². The van der Waals surface area contributed by atoms with Crippen LogP contribution in [-0.2, 0) is 0 Å². The molecule has 96 valence electrons. The summed E-state index contributed by atoms with van der Waals surface area (Å²) in [6, 6.07) is 5.81. The van der Waals surface area contributed by atoms with Gasteiger partial charge >= 0.3 is 0 Å². The van der Waals surface area contributed by atoms with Crippen LogP contribution in [0.2, 0.25) is 0 Å². The number of hydrogen-bond acceptors (Lipinski definition) is 2. The van der Waals surface area contributed by atoms with Gasteiger partial charge in [-0.05, 0) is 52.6 Å². The third-order valence-corrected chi connectivity index (χ3v) is 5.38. The fraction of sp³-hybridized carbons (Fsp3) is 0.357. The zero-order chi connectivity index (χ0) is 13.2. The molecule has 4 heteroatoms. The molecular weight excluding hydrogens is 357 g/mol. The highest BCUT2D eigenvalue weighted by Gasteiger charge is 2.25. The molecule has 1 aromatic carbocycles. The Bertz CT molecular complexity index is 501. The molecule has 0 aliphatic carbocycles. The number of rotatable bonds is 3. The van der Waals surface area contributed by atoms with Gasteiger partial charge in [0.1, 0.15) is 0 Å². The Kier molecular flexibility index (Phi) is 4.37. The lowest BCUT2D eigenvalue weighted by molar-refractivity contribution is 0.0943. The number of carbonyl (C=O) groups excluding carboxylic acids is 1. The summed E-state index contributed by atoms with van der Waals surface area (Å²) in [7, 11) is 0. The summed E-state index contributed by atoms with van der Waals surface area (Å²) in [6.07, 6.45) is 2.18. The molecule has 1 aromatic rings. The first-order valence-electron chi connectivity index (χ1n) is 5.84. The number of aryl methyl sites for hydroxylation is 1. The number of thioether (sulfide) groups is 1. The van der Waals surface area contributed by atoms with Crippen LogP contribution in [-0.4, -0.2) is 18.2 Å². The lowest BCUT2D eigenvalue weighted by Crippen LogP contribution is -2.35. The summed E-state index contributed by atoms with van der Waals surface area (Å²) < 4.78 is 1.13. The quantitative estimate of drug-likeness (QED) is 0.821. The first-order chi connectivity index (χ1) is 8.50. The number of halogens is 1. The number of hydrogen-bond donors (Lipinski definition) is 1. The molecule has 18 heavy (non-hydrogen) atoms. The second-order valence-electron chi connectivity index (χ2n) is 4.91. The maximum absolute atomic E-state index is 12.1. The largest absolute Gasteiger partial charge is 0.351 e. The van der Waals surface area contributed by atoms with Crippen LogP contribution >= 0.6 is 34.4 Å². The lowest BCUT2D eigenvalue weighted by Gasteiger charge is -2.21. The van der Waals surface area contributed by atoms with Gasteiger partial charge in [-0.2, -0.15) is 0 Å². The highest BCUT2D eigenvalue weighted by atomic mass is 127. The van der Waals surface area contributed by atoms with Crippen molar-refractivity contribution in [2.75, 3.05) is 12.3 Å². The van der Waals surface area contributed by atoms with E-state index in [1.807, 2.05) is 25.1 Å². The van der Waals surface area contributed by atoms with Gasteiger partial charge in [0.15, 0.2) is 0 Å². The van der Waals surface area contributed by atoms with Crippen molar-refractivity contribution in [2.45, 2.75) is 13.8 Å². The zero-order valence-electron chi connectivity index (χ0n) is 10.5. The molecule has 1 atom stereocenters. The molecule has 0 aromatic heterocycles. The Morgan fingerprint density at radius 1 is 1.56 bits per heavy atom. The minimum Gasteiger partial charge on any atom is -0.351 e. The smallest absolute Gasteiger partial charge is 0.251 e. The molecule has 0 radical (unpaired) electrons. The molecular formula is C14H16INOS. The van der Waals surface area contributed by atoms with Gasteiger partial charge in [0, 0.05) is 26.8 Å². The number of carbonyl (C=O) groups is 1. The number of benzene rings is 1. The van der Waals surface area contributed by atoms with Gasteiger partial charge in [0.25, 0.3) is 5.91 Å². The second-order valence-corrected chi connectivity index (χ2v) is 6.97. The molecule has 2 nitrogen and oxygen atoms in total. The van der Waals surface area contributed by atoms with Crippen molar-refractivity contribution >= 4 is 40.3 Å². The van der Waals surface area contributed by atoms with Crippen LogP contribution in [0.4, 0.5) is 0 Å². The molecule has 1 unspecified atom stereocenters. The van der Waals surface area contributed by atoms with Gasteiger partial charge in [-0.15, -0.1) is 11.8 Å². The van der Waals surface area contributed by atoms with Crippen molar-refractivity contribution in [3.63, 3.8) is 0 Å². The SMILES string of the molecule is Cc1ccc(C(=O)NCC2(C)C=CSC2)cc1I. The first-order valence-corrected chi connectivity index (χ1v) is 7.97. The van der Waals surface area contributed by atoms with Crippen LogP contribution in [0.25, 0.3) is 0 Å². The second kappa shape index (κ2) is 5.65. The normalized spacial score (nSPS) is 22.2. The average molecular weight is 373 g/mol. The van der Waals surface area contributed by atoms with Gasteiger partial charge in [-0.3, -0.25) is 4.79 Å². The van der Waals surface area contributed by atoms with E-state index in [4.69, 9.17) is 0 Å². The summed E-state index contributed by atoms with van der Waals surface area (Å²) in [5, 5.41) is 5.13. The highest BCUT2D eigenvalue weighted by Crippen LogP contribution is 2.31. The van der Waals surface area contributed by atoms with Crippen molar-refractivity contribution < 1.29 is 4.79 Å². The summed E-state index contributed by atoms with van der Waals surface area (Å²) in [6.45, 7) is 4.91. The molecule has 0 spiro atoms. The van der Waals surface area contributed by atoms with Crippen molar-refractivity contribution in [1.29, 1.82) is 0 Å². The van der Waals surface area contributed by atoms with E-state index in [0.717, 1.165) is 14.9 Å². The Morgan fingerprint density at radius 3 is 2.94 bits per heavy atom. The molecule has 1 N–H and O–H groups in total. The molecule has 2 rings (SSSR count). The van der Waals surface area contributed by atoms with Gasteiger partial charge in [-0.1, -0.05) is 19.1 Å². The number of amides is 1. The third kappa shape index (κ3) is 3.29. The van der Waals surface area contributed by atoms with Gasteiger partial charge in [0.2, 0.25) is 0 Å². The van der Waals surface area contributed by atoms with Crippen LogP contribution in [0.3, 0.4) is 0 Å². The van der Waals surface area contributed by atoms with Crippen molar-refractivity contribution in [1.82, 2.24) is 5.32 Å². The minimum atomic E-state index is 0.0134. The number of nitrogens with one attached hydrogen (secondary N) is 1. The summed E-state index contributed by atoms with van der Waals surface area (Å²) in [5.74, 6) is 1.05. The van der Waals surface area contributed by atoms with E-state index in [1.165, 1.54) is 5.56 Å². The Balaban J connectivity index is 1.99. The van der Waals surface area contributed by atoms with Crippen LogP contribution in [0.15, 0.2) is 29.7 Å². The zero-order valence-corrected chi connectivity index (χ0v) is 13.5. The maximum Gasteiger partial charge on any atom is 0.251 e. The van der Waals surface area contributed by atoms with E-state index >= 15 is 0 Å². The van der Waals surface area contributed by atoms with Crippen LogP contribution in [0, 0.1) is 15.9 Å². The monoisotopic (exact) mass is 373 g/mol. The van der Waals surface area contributed by atoms with Gasteiger partial charge in [-0.25, -0.2) is 0 Å². The van der Waals surface area contributed by atoms with Crippen molar-refractivity contribution in [3.05, 3.63) is 44.4 Å². The fourth-order valence-corrected chi connectivity index (χ4v) is 3.34. The lowest BCUT2D eigenvalue weighted by atomic mass is 9.94. The average Bonchev–Trinajstić information content (AvgIpc) is 2.77. The Morgan fingerprint density at radius 2 is 2.33 bits per heavy atom. The standard InChI is InChI=1S/C14H16INOS/c1-10-3-4-11(7-12(10)15)13(17)16-8-14(2)5-6-18-9-14/h3-7H,8-9H2,1-2H3,(H,16,17). The molecule has 0 bridgehead atoms. The van der Waals surface area contributed by atoms with Crippen molar-refractivity contribution in [3.8, 4) is 0 Å².